The molecule has 3 aromatic rings. The number of carbonyl (C=O) groups excluding carboxylic acids is 1. The van der Waals surface area contributed by atoms with Crippen molar-refractivity contribution in [2.45, 2.75) is 6.92 Å². The van der Waals surface area contributed by atoms with Crippen LogP contribution in [0, 0.1) is 18.6 Å². The normalized spacial score (nSPS) is 10.7. The summed E-state index contributed by atoms with van der Waals surface area (Å²) in [5.74, 6) is -3.09. The van der Waals surface area contributed by atoms with Crippen LogP contribution in [0.1, 0.15) is 15.9 Å². The lowest BCUT2D eigenvalue weighted by atomic mass is 10.1. The van der Waals surface area contributed by atoms with Gasteiger partial charge in [0.2, 0.25) is 0 Å². The van der Waals surface area contributed by atoms with Gasteiger partial charge in [-0.2, -0.15) is 0 Å². The van der Waals surface area contributed by atoms with Crippen molar-refractivity contribution in [1.29, 1.82) is 0 Å². The van der Waals surface area contributed by atoms with E-state index in [0.717, 1.165) is 17.7 Å². The van der Waals surface area contributed by atoms with Gasteiger partial charge >= 0.3 is 5.63 Å². The molecule has 0 unspecified atom stereocenters. The molecule has 1 N–H and O–H groups in total. The molecule has 0 bridgehead atoms. The summed E-state index contributed by atoms with van der Waals surface area (Å²) in [7, 11) is 1.26. The first kappa shape index (κ1) is 16.6. The number of methoxy groups -OCH3 is 1. The molecular weight excluding hydrogens is 332 g/mol. The number of hydrogen-bond donors (Lipinski definition) is 1. The van der Waals surface area contributed by atoms with E-state index in [1.807, 2.05) is 0 Å². The first-order valence-corrected chi connectivity index (χ1v) is 7.28. The lowest BCUT2D eigenvalue weighted by Crippen LogP contribution is -2.16. The van der Waals surface area contributed by atoms with Crippen LogP contribution in [0.4, 0.5) is 14.5 Å². The van der Waals surface area contributed by atoms with Gasteiger partial charge in [-0.1, -0.05) is 0 Å². The highest BCUT2D eigenvalue weighted by molar-refractivity contribution is 6.05. The minimum atomic E-state index is -1.04. The number of benzene rings is 2. The molecule has 7 heteroatoms. The van der Waals surface area contributed by atoms with E-state index < -0.39 is 28.7 Å². The number of halogens is 2. The highest BCUT2D eigenvalue weighted by Gasteiger charge is 2.19. The third-order valence-corrected chi connectivity index (χ3v) is 3.69. The third-order valence-electron chi connectivity index (χ3n) is 3.69. The second kappa shape index (κ2) is 6.35. The minimum Gasteiger partial charge on any atom is -0.497 e. The number of fused-ring (bicyclic) bond motifs is 1. The molecule has 0 spiro atoms. The molecule has 0 aliphatic heterocycles. The van der Waals surface area contributed by atoms with Gasteiger partial charge in [0.25, 0.3) is 5.91 Å². The monoisotopic (exact) mass is 345 g/mol. The molecule has 3 rings (SSSR count). The lowest BCUT2D eigenvalue weighted by molar-refractivity contribution is 0.101. The molecular formula is C18H13F2NO4. The summed E-state index contributed by atoms with van der Waals surface area (Å²) in [6, 6.07) is 7.79. The van der Waals surface area contributed by atoms with E-state index in [4.69, 9.17) is 9.15 Å². The fourth-order valence-electron chi connectivity index (χ4n) is 2.48. The van der Waals surface area contributed by atoms with Crippen LogP contribution in [0.3, 0.4) is 0 Å². The highest BCUT2D eigenvalue weighted by Crippen LogP contribution is 2.24. The van der Waals surface area contributed by atoms with Gasteiger partial charge in [0, 0.05) is 35.3 Å². The smallest absolute Gasteiger partial charge is 0.336 e. The van der Waals surface area contributed by atoms with Crippen molar-refractivity contribution in [3.8, 4) is 5.75 Å². The van der Waals surface area contributed by atoms with Crippen LogP contribution in [0.15, 0.2) is 45.6 Å². The predicted octanol–water partition coefficient (Wildman–Crippen LogP) is 3.64. The van der Waals surface area contributed by atoms with Gasteiger partial charge < -0.3 is 14.5 Å². The maximum atomic E-state index is 14.0. The molecule has 0 atom stereocenters. The molecule has 2 aromatic carbocycles. The highest BCUT2D eigenvalue weighted by atomic mass is 19.1. The summed E-state index contributed by atoms with van der Waals surface area (Å²) >= 11 is 0. The zero-order chi connectivity index (χ0) is 18.1. The Hall–Kier alpha value is -3.22. The van der Waals surface area contributed by atoms with Crippen LogP contribution in [0.5, 0.6) is 5.75 Å². The van der Waals surface area contributed by atoms with Gasteiger partial charge in [-0.15, -0.1) is 0 Å². The Morgan fingerprint density at radius 3 is 2.44 bits per heavy atom. The molecule has 1 amide bonds. The number of anilines is 1. The Kier molecular flexibility index (Phi) is 4.22. The second-order valence-electron chi connectivity index (χ2n) is 5.38. The first-order valence-electron chi connectivity index (χ1n) is 7.28. The van der Waals surface area contributed by atoms with Crippen LogP contribution < -0.4 is 15.7 Å². The molecule has 0 saturated heterocycles. The average molecular weight is 345 g/mol. The fourth-order valence-corrected chi connectivity index (χ4v) is 2.48. The summed E-state index contributed by atoms with van der Waals surface area (Å²) in [5.41, 5.74) is -0.0389. The van der Waals surface area contributed by atoms with E-state index in [1.54, 1.807) is 19.1 Å². The van der Waals surface area contributed by atoms with E-state index in [2.05, 4.69) is 5.32 Å². The third kappa shape index (κ3) is 3.21. The average Bonchev–Trinajstić information content (AvgIpc) is 2.53. The van der Waals surface area contributed by atoms with E-state index in [1.165, 1.54) is 19.2 Å². The molecule has 1 aromatic heterocycles. The van der Waals surface area contributed by atoms with E-state index in [0.29, 0.717) is 5.39 Å². The van der Waals surface area contributed by atoms with E-state index in [-0.39, 0.29) is 17.0 Å². The lowest BCUT2D eigenvalue weighted by Gasteiger charge is -2.09. The number of rotatable bonds is 3. The van der Waals surface area contributed by atoms with Gasteiger partial charge in [-0.05, 0) is 24.6 Å². The Balaban J connectivity index is 1.96. The van der Waals surface area contributed by atoms with Gasteiger partial charge in [-0.25, -0.2) is 13.6 Å². The molecule has 0 aliphatic carbocycles. The Bertz CT molecular complexity index is 1020. The van der Waals surface area contributed by atoms with Crippen molar-refractivity contribution >= 4 is 22.6 Å². The fraction of sp³-hybridized carbons (Fsp3) is 0.111. The summed E-state index contributed by atoms with van der Waals surface area (Å²) in [4.78, 5) is 23.6. The summed E-state index contributed by atoms with van der Waals surface area (Å²) in [5, 5.41) is 3.08. The predicted molar refractivity (Wildman–Crippen MR) is 88.1 cm³/mol. The van der Waals surface area contributed by atoms with Crippen molar-refractivity contribution in [2.75, 3.05) is 12.4 Å². The Morgan fingerprint density at radius 2 is 1.80 bits per heavy atom. The summed E-state index contributed by atoms with van der Waals surface area (Å²) < 4.78 is 37.8. The zero-order valence-electron chi connectivity index (χ0n) is 13.4. The number of aryl methyl sites for hydroxylation is 1. The number of nitrogens with one attached hydrogen (secondary N) is 1. The second-order valence-corrected chi connectivity index (χ2v) is 5.38. The quantitative estimate of drug-likeness (QED) is 0.736. The van der Waals surface area contributed by atoms with Crippen LogP contribution in [-0.4, -0.2) is 13.0 Å². The molecule has 0 fully saturated rings. The number of ether oxygens (including phenoxy) is 1. The first-order chi connectivity index (χ1) is 11.9. The van der Waals surface area contributed by atoms with Gasteiger partial charge in [-0.3, -0.25) is 4.79 Å². The zero-order valence-corrected chi connectivity index (χ0v) is 13.4. The van der Waals surface area contributed by atoms with Crippen LogP contribution in [0.2, 0.25) is 0 Å². The van der Waals surface area contributed by atoms with Crippen molar-refractivity contribution in [1.82, 2.24) is 0 Å². The molecule has 25 heavy (non-hydrogen) atoms. The summed E-state index contributed by atoms with van der Waals surface area (Å²) in [6.45, 7) is 1.75. The number of carbonyl (C=O) groups is 1. The number of hydrogen-bond acceptors (Lipinski definition) is 4. The Morgan fingerprint density at radius 1 is 1.12 bits per heavy atom. The van der Waals surface area contributed by atoms with Crippen LogP contribution >= 0.6 is 0 Å². The van der Waals surface area contributed by atoms with Gasteiger partial charge in [0.05, 0.1) is 7.11 Å². The standard InChI is InChI=1S/C18H13F2NO4/c1-9-5-16(22)25-15-6-10(3-4-12(9)15)21-18(23)17-13(19)7-11(24-2)8-14(17)20/h3-8H,1-2H3,(H,21,23). The van der Waals surface area contributed by atoms with Crippen LogP contribution in [0.25, 0.3) is 11.0 Å². The number of amides is 1. The summed E-state index contributed by atoms with van der Waals surface area (Å²) in [6.07, 6.45) is 0. The molecule has 0 radical (unpaired) electrons. The molecule has 0 saturated carbocycles. The SMILES string of the molecule is COc1cc(F)c(C(=O)Nc2ccc3c(C)cc(=O)oc3c2)c(F)c1. The van der Waals surface area contributed by atoms with Crippen molar-refractivity contribution in [2.24, 2.45) is 0 Å². The Labute approximate surface area is 140 Å². The maximum Gasteiger partial charge on any atom is 0.336 e. The van der Waals surface area contributed by atoms with Crippen molar-refractivity contribution in [3.05, 3.63) is 69.6 Å². The van der Waals surface area contributed by atoms with Crippen molar-refractivity contribution in [3.63, 3.8) is 0 Å². The topological polar surface area (TPSA) is 68.5 Å². The minimum absolute atomic E-state index is 0.0329. The van der Waals surface area contributed by atoms with Crippen LogP contribution in [-0.2, 0) is 0 Å². The maximum absolute atomic E-state index is 14.0. The largest absolute Gasteiger partial charge is 0.497 e. The molecule has 5 nitrogen and oxygen atoms in total. The van der Waals surface area contributed by atoms with Gasteiger partial charge in [0.1, 0.15) is 28.5 Å². The molecule has 0 aliphatic rings. The van der Waals surface area contributed by atoms with Gasteiger partial charge in [0.15, 0.2) is 0 Å². The molecule has 128 valence electrons. The van der Waals surface area contributed by atoms with Crippen molar-refractivity contribution < 1.29 is 22.7 Å². The van der Waals surface area contributed by atoms with E-state index >= 15 is 0 Å². The molecule has 1 heterocycles. The van der Waals surface area contributed by atoms with E-state index in [9.17, 15) is 18.4 Å².